The minimum atomic E-state index is -0.642. The number of esters is 1. The highest BCUT2D eigenvalue weighted by Gasteiger charge is 2.11. The number of ether oxygens (including phenoxy) is 3. The summed E-state index contributed by atoms with van der Waals surface area (Å²) in [7, 11) is 1.55. The van der Waals surface area contributed by atoms with Crippen LogP contribution in [0, 0.1) is 6.92 Å². The fraction of sp³-hybridized carbons (Fsp3) is 0.160. The molecule has 2 amide bonds. The molecule has 0 radical (unpaired) electrons. The highest BCUT2D eigenvalue weighted by atomic mass is 16.5. The molecule has 33 heavy (non-hydrogen) atoms. The van der Waals surface area contributed by atoms with Crippen molar-refractivity contribution in [2.45, 2.75) is 6.92 Å². The number of carbonyl (C=O) groups is 3. The van der Waals surface area contributed by atoms with Crippen molar-refractivity contribution < 1.29 is 28.6 Å². The van der Waals surface area contributed by atoms with Crippen LogP contribution in [0.5, 0.6) is 11.5 Å². The lowest BCUT2D eigenvalue weighted by molar-refractivity contribution is -0.119. The summed E-state index contributed by atoms with van der Waals surface area (Å²) in [6.45, 7) is 1.30. The number of nitrogens with one attached hydrogen (secondary N) is 2. The molecule has 0 aliphatic rings. The zero-order chi connectivity index (χ0) is 23.6. The van der Waals surface area contributed by atoms with Gasteiger partial charge in [0.25, 0.3) is 11.8 Å². The molecule has 0 aliphatic heterocycles. The molecular weight excluding hydrogens is 424 g/mol. The Morgan fingerprint density at radius 1 is 0.758 bits per heavy atom. The minimum absolute atomic E-state index is 0.208. The third kappa shape index (κ3) is 7.39. The smallest absolute Gasteiger partial charge is 0.338 e. The van der Waals surface area contributed by atoms with Gasteiger partial charge >= 0.3 is 5.97 Å². The topological polar surface area (TPSA) is 103 Å². The van der Waals surface area contributed by atoms with E-state index in [1.54, 1.807) is 49.6 Å². The largest absolute Gasteiger partial charge is 0.497 e. The molecule has 0 spiro atoms. The first-order chi connectivity index (χ1) is 15.9. The Balaban J connectivity index is 1.43. The van der Waals surface area contributed by atoms with E-state index in [0.717, 1.165) is 5.56 Å². The Labute approximate surface area is 191 Å². The quantitative estimate of drug-likeness (QED) is 0.483. The molecule has 3 aromatic carbocycles. The molecule has 0 aliphatic carbocycles. The highest BCUT2D eigenvalue weighted by molar-refractivity contribution is 5.95. The standard InChI is InChI=1S/C25H24N2O6/c1-17-5-3-6-19(13-17)26-24(29)16-33-25(30)18-9-11-21(12-10-18)32-15-23(28)27-20-7-4-8-22(14-20)31-2/h3-14H,15-16H2,1-2H3,(H,26,29)(H,27,28). The van der Waals surface area contributed by atoms with Crippen molar-refractivity contribution in [1.29, 1.82) is 0 Å². The van der Waals surface area contributed by atoms with Crippen molar-refractivity contribution >= 4 is 29.2 Å². The summed E-state index contributed by atoms with van der Waals surface area (Å²) >= 11 is 0. The van der Waals surface area contributed by atoms with Crippen LogP contribution in [-0.4, -0.2) is 38.1 Å². The predicted octanol–water partition coefficient (Wildman–Crippen LogP) is 3.82. The summed E-state index contributed by atoms with van der Waals surface area (Å²) < 4.78 is 15.6. The number of hydrogen-bond donors (Lipinski definition) is 2. The third-order valence-corrected chi connectivity index (χ3v) is 4.45. The second-order valence-electron chi connectivity index (χ2n) is 7.09. The normalized spacial score (nSPS) is 10.1. The van der Waals surface area contributed by atoms with E-state index >= 15 is 0 Å². The lowest BCUT2D eigenvalue weighted by Crippen LogP contribution is -2.21. The maximum Gasteiger partial charge on any atom is 0.338 e. The molecule has 0 fully saturated rings. The number of methoxy groups -OCH3 is 1. The Kier molecular flexibility index (Phi) is 8.02. The summed E-state index contributed by atoms with van der Waals surface area (Å²) in [5.41, 5.74) is 2.48. The molecule has 0 heterocycles. The second-order valence-corrected chi connectivity index (χ2v) is 7.09. The van der Waals surface area contributed by atoms with Crippen LogP contribution >= 0.6 is 0 Å². The first-order valence-electron chi connectivity index (χ1n) is 10.1. The van der Waals surface area contributed by atoms with Gasteiger partial charge in [-0.05, 0) is 61.0 Å². The van der Waals surface area contributed by atoms with Gasteiger partial charge in [0.2, 0.25) is 0 Å². The Morgan fingerprint density at radius 3 is 2.06 bits per heavy atom. The van der Waals surface area contributed by atoms with E-state index in [1.807, 2.05) is 25.1 Å². The van der Waals surface area contributed by atoms with Crippen LogP contribution in [0.4, 0.5) is 11.4 Å². The summed E-state index contributed by atoms with van der Waals surface area (Å²) in [6, 6.07) is 20.4. The van der Waals surface area contributed by atoms with E-state index in [1.165, 1.54) is 12.1 Å². The van der Waals surface area contributed by atoms with Crippen LogP contribution in [0.1, 0.15) is 15.9 Å². The molecular formula is C25H24N2O6. The van der Waals surface area contributed by atoms with Gasteiger partial charge in [-0.15, -0.1) is 0 Å². The van der Waals surface area contributed by atoms with E-state index in [9.17, 15) is 14.4 Å². The zero-order valence-corrected chi connectivity index (χ0v) is 18.3. The molecule has 3 aromatic rings. The maximum atomic E-state index is 12.2. The van der Waals surface area contributed by atoms with Crippen molar-refractivity contribution in [3.63, 3.8) is 0 Å². The average molecular weight is 448 g/mol. The average Bonchev–Trinajstić information content (AvgIpc) is 2.81. The summed E-state index contributed by atoms with van der Waals surface area (Å²) in [5.74, 6) is -0.382. The van der Waals surface area contributed by atoms with Gasteiger partial charge in [0.05, 0.1) is 12.7 Å². The van der Waals surface area contributed by atoms with E-state index in [2.05, 4.69) is 10.6 Å². The molecule has 3 rings (SSSR count). The van der Waals surface area contributed by atoms with Crippen molar-refractivity contribution in [3.05, 3.63) is 83.9 Å². The molecule has 0 atom stereocenters. The number of benzene rings is 3. The molecule has 2 N–H and O–H groups in total. The van der Waals surface area contributed by atoms with Gasteiger partial charge < -0.3 is 24.8 Å². The first kappa shape index (κ1) is 23.3. The Morgan fingerprint density at radius 2 is 1.39 bits per heavy atom. The fourth-order valence-electron chi connectivity index (χ4n) is 2.87. The molecule has 0 unspecified atom stereocenters. The second kappa shape index (κ2) is 11.3. The van der Waals surface area contributed by atoms with Crippen LogP contribution < -0.4 is 20.1 Å². The predicted molar refractivity (Wildman–Crippen MR) is 124 cm³/mol. The van der Waals surface area contributed by atoms with Gasteiger partial charge in [0.1, 0.15) is 11.5 Å². The number of carbonyl (C=O) groups excluding carboxylic acids is 3. The number of amides is 2. The number of rotatable bonds is 9. The van der Waals surface area contributed by atoms with Crippen molar-refractivity contribution in [1.82, 2.24) is 0 Å². The van der Waals surface area contributed by atoms with Gasteiger partial charge in [-0.2, -0.15) is 0 Å². The minimum Gasteiger partial charge on any atom is -0.497 e. The highest BCUT2D eigenvalue weighted by Crippen LogP contribution is 2.17. The van der Waals surface area contributed by atoms with Crippen molar-refractivity contribution in [2.75, 3.05) is 31.0 Å². The molecule has 170 valence electrons. The fourth-order valence-corrected chi connectivity index (χ4v) is 2.87. The van der Waals surface area contributed by atoms with E-state index in [4.69, 9.17) is 14.2 Å². The van der Waals surface area contributed by atoms with Gasteiger partial charge in [0.15, 0.2) is 13.2 Å². The van der Waals surface area contributed by atoms with Gasteiger partial charge in [0, 0.05) is 17.4 Å². The Hall–Kier alpha value is -4.33. The first-order valence-corrected chi connectivity index (χ1v) is 10.1. The zero-order valence-electron chi connectivity index (χ0n) is 18.3. The maximum absolute atomic E-state index is 12.2. The summed E-state index contributed by atoms with van der Waals surface area (Å²) in [6.07, 6.45) is 0. The number of anilines is 2. The van der Waals surface area contributed by atoms with E-state index in [0.29, 0.717) is 22.9 Å². The summed E-state index contributed by atoms with van der Waals surface area (Å²) in [5, 5.41) is 5.38. The SMILES string of the molecule is COc1cccc(NC(=O)COc2ccc(C(=O)OCC(=O)Nc3cccc(C)c3)cc2)c1. The third-order valence-electron chi connectivity index (χ3n) is 4.45. The molecule has 0 saturated carbocycles. The lowest BCUT2D eigenvalue weighted by Gasteiger charge is -2.09. The molecule has 0 saturated heterocycles. The van der Waals surface area contributed by atoms with Crippen LogP contribution in [0.3, 0.4) is 0 Å². The van der Waals surface area contributed by atoms with E-state index < -0.39 is 18.5 Å². The number of aryl methyl sites for hydroxylation is 1. The molecule has 0 bridgehead atoms. The van der Waals surface area contributed by atoms with Crippen molar-refractivity contribution in [2.24, 2.45) is 0 Å². The molecule has 8 heteroatoms. The van der Waals surface area contributed by atoms with Crippen LogP contribution in [0.25, 0.3) is 0 Å². The summed E-state index contributed by atoms with van der Waals surface area (Å²) in [4.78, 5) is 36.2. The van der Waals surface area contributed by atoms with Crippen LogP contribution in [-0.2, 0) is 14.3 Å². The van der Waals surface area contributed by atoms with Gasteiger partial charge in [-0.1, -0.05) is 18.2 Å². The van der Waals surface area contributed by atoms with Crippen molar-refractivity contribution in [3.8, 4) is 11.5 Å². The van der Waals surface area contributed by atoms with Crippen LogP contribution in [0.2, 0.25) is 0 Å². The van der Waals surface area contributed by atoms with E-state index in [-0.39, 0.29) is 18.1 Å². The Bertz CT molecular complexity index is 1130. The monoisotopic (exact) mass is 448 g/mol. The van der Waals surface area contributed by atoms with Crippen LogP contribution in [0.15, 0.2) is 72.8 Å². The van der Waals surface area contributed by atoms with Gasteiger partial charge in [-0.3, -0.25) is 9.59 Å². The molecule has 0 aromatic heterocycles. The molecule has 8 nitrogen and oxygen atoms in total. The lowest BCUT2D eigenvalue weighted by atomic mass is 10.2. The van der Waals surface area contributed by atoms with Gasteiger partial charge in [-0.25, -0.2) is 4.79 Å². The number of hydrogen-bond acceptors (Lipinski definition) is 6.